The van der Waals surface area contributed by atoms with Crippen molar-refractivity contribution in [2.75, 3.05) is 31.0 Å². The minimum Gasteiger partial charge on any atom is -0.491 e. The summed E-state index contributed by atoms with van der Waals surface area (Å²) in [5.74, 6) is 0.414. The Kier molecular flexibility index (Phi) is 8.20. The molecule has 31 heavy (non-hydrogen) atoms. The Balaban J connectivity index is 1.47. The van der Waals surface area contributed by atoms with E-state index in [0.717, 1.165) is 5.56 Å². The van der Waals surface area contributed by atoms with E-state index in [1.54, 1.807) is 55.6 Å². The van der Waals surface area contributed by atoms with Gasteiger partial charge < -0.3 is 20.1 Å². The standard InChI is InChI=1S/C25H26N2O4/c1-30-17-18-31-23-14-8-20(9-15-23)25(29)27-22-12-10-21(11-13-22)26-24(28)16-7-19-5-3-2-4-6-19/h2-6,8-15H,7,16-18H2,1H3,(H,26,28)(H,27,29). The predicted molar refractivity (Wildman–Crippen MR) is 122 cm³/mol. The van der Waals surface area contributed by atoms with Gasteiger partial charge in [-0.15, -0.1) is 0 Å². The van der Waals surface area contributed by atoms with Gasteiger partial charge in [-0.2, -0.15) is 0 Å². The van der Waals surface area contributed by atoms with Gasteiger partial charge >= 0.3 is 0 Å². The molecule has 160 valence electrons. The molecule has 2 N–H and O–H groups in total. The highest BCUT2D eigenvalue weighted by molar-refractivity contribution is 6.04. The fourth-order valence-electron chi connectivity index (χ4n) is 2.91. The van der Waals surface area contributed by atoms with E-state index in [4.69, 9.17) is 9.47 Å². The third-order valence-corrected chi connectivity index (χ3v) is 4.58. The maximum atomic E-state index is 12.4. The first-order valence-electron chi connectivity index (χ1n) is 10.1. The van der Waals surface area contributed by atoms with E-state index in [-0.39, 0.29) is 11.8 Å². The second-order valence-corrected chi connectivity index (χ2v) is 6.93. The summed E-state index contributed by atoms with van der Waals surface area (Å²) in [5, 5.41) is 5.72. The first-order valence-corrected chi connectivity index (χ1v) is 10.1. The quantitative estimate of drug-likeness (QED) is 0.474. The molecule has 0 spiro atoms. The van der Waals surface area contributed by atoms with Gasteiger partial charge in [-0.3, -0.25) is 9.59 Å². The molecule has 6 heteroatoms. The first-order chi connectivity index (χ1) is 15.1. The summed E-state index contributed by atoms with van der Waals surface area (Å²) < 4.78 is 10.4. The number of rotatable bonds is 10. The van der Waals surface area contributed by atoms with Gasteiger partial charge in [0, 0.05) is 30.5 Å². The molecule has 3 aromatic rings. The third kappa shape index (κ3) is 7.28. The number of ether oxygens (including phenoxy) is 2. The number of benzene rings is 3. The van der Waals surface area contributed by atoms with Gasteiger partial charge in [-0.1, -0.05) is 30.3 Å². The molecule has 0 atom stereocenters. The number of aryl methyl sites for hydroxylation is 1. The molecule has 3 rings (SSSR count). The molecule has 0 unspecified atom stereocenters. The molecular weight excluding hydrogens is 392 g/mol. The summed E-state index contributed by atoms with van der Waals surface area (Å²) in [7, 11) is 1.61. The van der Waals surface area contributed by atoms with E-state index in [1.807, 2.05) is 30.3 Å². The van der Waals surface area contributed by atoms with Crippen LogP contribution >= 0.6 is 0 Å². The van der Waals surface area contributed by atoms with Gasteiger partial charge in [0.25, 0.3) is 5.91 Å². The number of hydrogen-bond donors (Lipinski definition) is 2. The number of nitrogens with one attached hydrogen (secondary N) is 2. The lowest BCUT2D eigenvalue weighted by Crippen LogP contribution is -2.13. The molecule has 0 aromatic heterocycles. The van der Waals surface area contributed by atoms with Crippen LogP contribution in [0.15, 0.2) is 78.9 Å². The summed E-state index contributed by atoms with van der Waals surface area (Å²) in [6.45, 7) is 0.961. The molecule has 0 saturated heterocycles. The number of carbonyl (C=O) groups is 2. The van der Waals surface area contributed by atoms with Crippen LogP contribution in [0.25, 0.3) is 0 Å². The lowest BCUT2D eigenvalue weighted by atomic mass is 10.1. The molecule has 0 heterocycles. The van der Waals surface area contributed by atoms with Gasteiger partial charge in [-0.05, 0) is 60.5 Å². The minimum absolute atomic E-state index is 0.0477. The Morgan fingerprint density at radius 3 is 2.06 bits per heavy atom. The molecule has 3 aromatic carbocycles. The van der Waals surface area contributed by atoms with Crippen molar-refractivity contribution in [3.05, 3.63) is 90.0 Å². The van der Waals surface area contributed by atoms with Crippen molar-refractivity contribution in [3.63, 3.8) is 0 Å². The van der Waals surface area contributed by atoms with E-state index in [2.05, 4.69) is 10.6 Å². The van der Waals surface area contributed by atoms with Crippen LogP contribution in [0.2, 0.25) is 0 Å². The summed E-state index contributed by atoms with van der Waals surface area (Å²) in [5.41, 5.74) is 2.99. The number of carbonyl (C=O) groups excluding carboxylic acids is 2. The molecule has 0 saturated carbocycles. The molecule has 0 radical (unpaired) electrons. The second-order valence-electron chi connectivity index (χ2n) is 6.93. The van der Waals surface area contributed by atoms with Gasteiger partial charge in [0.15, 0.2) is 0 Å². The number of hydrogen-bond acceptors (Lipinski definition) is 4. The lowest BCUT2D eigenvalue weighted by Gasteiger charge is -2.09. The van der Waals surface area contributed by atoms with Crippen molar-refractivity contribution in [1.82, 2.24) is 0 Å². The van der Waals surface area contributed by atoms with Crippen LogP contribution in [0.4, 0.5) is 11.4 Å². The van der Waals surface area contributed by atoms with Crippen LogP contribution in [0.3, 0.4) is 0 Å². The average molecular weight is 418 g/mol. The molecular formula is C25H26N2O4. The Bertz CT molecular complexity index is 971. The van der Waals surface area contributed by atoms with Crippen molar-refractivity contribution in [2.24, 2.45) is 0 Å². The maximum Gasteiger partial charge on any atom is 0.255 e. The molecule has 2 amide bonds. The smallest absolute Gasteiger partial charge is 0.255 e. The van der Waals surface area contributed by atoms with Crippen molar-refractivity contribution in [1.29, 1.82) is 0 Å². The molecule has 0 aliphatic heterocycles. The van der Waals surface area contributed by atoms with Crippen molar-refractivity contribution in [2.45, 2.75) is 12.8 Å². The second kappa shape index (κ2) is 11.5. The van der Waals surface area contributed by atoms with Gasteiger partial charge in [0.1, 0.15) is 12.4 Å². The summed E-state index contributed by atoms with van der Waals surface area (Å²) >= 11 is 0. The highest BCUT2D eigenvalue weighted by atomic mass is 16.5. The van der Waals surface area contributed by atoms with Gasteiger partial charge in [0.05, 0.1) is 6.61 Å². The molecule has 0 bridgehead atoms. The zero-order valence-electron chi connectivity index (χ0n) is 17.5. The maximum absolute atomic E-state index is 12.4. The van der Waals surface area contributed by atoms with Crippen molar-refractivity contribution >= 4 is 23.2 Å². The van der Waals surface area contributed by atoms with Crippen molar-refractivity contribution < 1.29 is 19.1 Å². The molecule has 0 aliphatic carbocycles. The fraction of sp³-hybridized carbons (Fsp3) is 0.200. The third-order valence-electron chi connectivity index (χ3n) is 4.58. The van der Waals surface area contributed by atoms with E-state index in [0.29, 0.717) is 48.7 Å². The highest BCUT2D eigenvalue weighted by Gasteiger charge is 2.08. The predicted octanol–water partition coefficient (Wildman–Crippen LogP) is 4.54. The van der Waals surface area contributed by atoms with Crippen LogP contribution < -0.4 is 15.4 Å². The Morgan fingerprint density at radius 2 is 1.42 bits per heavy atom. The molecule has 6 nitrogen and oxygen atoms in total. The monoisotopic (exact) mass is 418 g/mol. The number of amides is 2. The normalized spacial score (nSPS) is 10.4. The number of methoxy groups -OCH3 is 1. The SMILES string of the molecule is COCCOc1ccc(C(=O)Nc2ccc(NC(=O)CCc3ccccc3)cc2)cc1. The van der Waals surface area contributed by atoms with Gasteiger partial charge in [0.2, 0.25) is 5.91 Å². The van der Waals surface area contributed by atoms with E-state index >= 15 is 0 Å². The zero-order valence-corrected chi connectivity index (χ0v) is 17.5. The van der Waals surface area contributed by atoms with Crippen LogP contribution in [0, 0.1) is 0 Å². The summed E-state index contributed by atoms with van der Waals surface area (Å²) in [6.07, 6.45) is 1.10. The van der Waals surface area contributed by atoms with Crippen LogP contribution in [-0.4, -0.2) is 32.1 Å². The number of anilines is 2. The first kappa shape index (κ1) is 22.1. The van der Waals surface area contributed by atoms with Crippen molar-refractivity contribution in [3.8, 4) is 5.75 Å². The van der Waals surface area contributed by atoms with Crippen LogP contribution in [0.1, 0.15) is 22.3 Å². The average Bonchev–Trinajstić information content (AvgIpc) is 2.80. The van der Waals surface area contributed by atoms with E-state index in [9.17, 15) is 9.59 Å². The van der Waals surface area contributed by atoms with Crippen LogP contribution in [-0.2, 0) is 16.0 Å². The summed E-state index contributed by atoms with van der Waals surface area (Å²) in [4.78, 5) is 24.6. The Morgan fingerprint density at radius 1 is 0.774 bits per heavy atom. The molecule has 0 aliphatic rings. The minimum atomic E-state index is -0.219. The fourth-order valence-corrected chi connectivity index (χ4v) is 2.91. The van der Waals surface area contributed by atoms with E-state index in [1.165, 1.54) is 0 Å². The van der Waals surface area contributed by atoms with Crippen LogP contribution in [0.5, 0.6) is 5.75 Å². The van der Waals surface area contributed by atoms with E-state index < -0.39 is 0 Å². The lowest BCUT2D eigenvalue weighted by molar-refractivity contribution is -0.116. The molecule has 0 fully saturated rings. The zero-order chi connectivity index (χ0) is 21.9. The summed E-state index contributed by atoms with van der Waals surface area (Å²) in [6, 6.07) is 23.9. The van der Waals surface area contributed by atoms with Gasteiger partial charge in [-0.25, -0.2) is 0 Å². The largest absolute Gasteiger partial charge is 0.491 e. The highest BCUT2D eigenvalue weighted by Crippen LogP contribution is 2.17. The Labute approximate surface area is 182 Å². The topological polar surface area (TPSA) is 76.7 Å². The Hall–Kier alpha value is -3.64.